The zero-order valence-corrected chi connectivity index (χ0v) is 22.6. The van der Waals surface area contributed by atoms with E-state index >= 15 is 0 Å². The van der Waals surface area contributed by atoms with Gasteiger partial charge < -0.3 is 10.3 Å². The Hall–Kier alpha value is -5.03. The van der Waals surface area contributed by atoms with Crippen LogP contribution < -0.4 is 5.32 Å². The molecule has 0 bridgehead atoms. The smallest absolute Gasteiger partial charge is 0.225 e. The topological polar surface area (TPSA) is 99.4 Å². The fourth-order valence-corrected chi connectivity index (χ4v) is 5.97. The number of carbonyl (C=O) groups is 1. The maximum Gasteiger partial charge on any atom is 0.225 e. The Morgan fingerprint density at radius 2 is 1.79 bits per heavy atom. The normalized spacial score (nSPS) is 12.4. The summed E-state index contributed by atoms with van der Waals surface area (Å²) >= 11 is 1.52. The van der Waals surface area contributed by atoms with Crippen LogP contribution >= 0.6 is 11.3 Å². The first-order valence-electron chi connectivity index (χ1n) is 13.1. The van der Waals surface area contributed by atoms with Gasteiger partial charge in [-0.3, -0.25) is 9.89 Å². The Labute approximate surface area is 240 Å². The average molecular weight is 583 g/mol. The molecule has 7 rings (SSSR count). The number of hydrogen-bond acceptors (Lipinski definition) is 5. The molecule has 208 valence electrons. The average Bonchev–Trinajstić information content (AvgIpc) is 3.71. The van der Waals surface area contributed by atoms with E-state index in [1.165, 1.54) is 35.6 Å². The standard InChI is InChI=1S/C31H21F3N6OS/c32-19-2-3-24-22(11-19)18(13-35-24)9-30(41)38-27(7-16-5-20(33)10-21(34)6-16)31-23(12-25-28(39-31)14-37-40-25)17-1-4-29-26(8-17)36-15-42-29/h1-6,8,10-15,27,35H,7,9H2,(H,37,40)(H,38,41)/t27-/m0/s1. The van der Waals surface area contributed by atoms with Gasteiger partial charge in [0.05, 0.1) is 45.6 Å². The van der Waals surface area contributed by atoms with Crippen molar-refractivity contribution >= 4 is 49.4 Å². The number of thiazole rings is 1. The highest BCUT2D eigenvalue weighted by Gasteiger charge is 2.24. The van der Waals surface area contributed by atoms with Crippen molar-refractivity contribution in [3.8, 4) is 11.1 Å². The van der Waals surface area contributed by atoms with Crippen LogP contribution in [0, 0.1) is 17.5 Å². The first-order valence-corrected chi connectivity index (χ1v) is 13.9. The highest BCUT2D eigenvalue weighted by Crippen LogP contribution is 2.34. The van der Waals surface area contributed by atoms with Crippen LogP contribution in [0.4, 0.5) is 13.2 Å². The van der Waals surface area contributed by atoms with Gasteiger partial charge in [0.1, 0.15) is 23.0 Å². The lowest BCUT2D eigenvalue weighted by Gasteiger charge is -2.22. The molecule has 0 spiro atoms. The molecule has 7 aromatic rings. The molecule has 0 aliphatic carbocycles. The fraction of sp³-hybridized carbons (Fsp3) is 0.0968. The number of pyridine rings is 1. The third-order valence-electron chi connectivity index (χ3n) is 7.20. The summed E-state index contributed by atoms with van der Waals surface area (Å²) in [5, 5.41) is 10.7. The van der Waals surface area contributed by atoms with E-state index in [9.17, 15) is 18.0 Å². The van der Waals surface area contributed by atoms with E-state index in [-0.39, 0.29) is 18.7 Å². The largest absolute Gasteiger partial charge is 0.361 e. The summed E-state index contributed by atoms with van der Waals surface area (Å²) in [5.74, 6) is -2.21. The van der Waals surface area contributed by atoms with Crippen LogP contribution in [0.5, 0.6) is 0 Å². The maximum atomic E-state index is 14.2. The summed E-state index contributed by atoms with van der Waals surface area (Å²) in [6, 6.07) is 14.6. The minimum absolute atomic E-state index is 0.0501. The first-order chi connectivity index (χ1) is 20.4. The first kappa shape index (κ1) is 25.9. The van der Waals surface area contributed by atoms with Crippen molar-refractivity contribution in [1.29, 1.82) is 0 Å². The lowest BCUT2D eigenvalue weighted by Crippen LogP contribution is -2.32. The lowest BCUT2D eigenvalue weighted by molar-refractivity contribution is -0.121. The van der Waals surface area contributed by atoms with E-state index < -0.39 is 23.5 Å². The van der Waals surface area contributed by atoms with Crippen LogP contribution in [0.1, 0.15) is 22.9 Å². The second-order valence-corrected chi connectivity index (χ2v) is 10.9. The molecule has 7 nitrogen and oxygen atoms in total. The van der Waals surface area contributed by atoms with Crippen molar-refractivity contribution in [2.75, 3.05) is 0 Å². The highest BCUT2D eigenvalue weighted by atomic mass is 32.1. The van der Waals surface area contributed by atoms with E-state index in [0.29, 0.717) is 44.3 Å². The molecular formula is C31H21F3N6OS. The van der Waals surface area contributed by atoms with Gasteiger partial charge in [0, 0.05) is 28.7 Å². The second-order valence-electron chi connectivity index (χ2n) is 10.0. The number of benzene rings is 3. The van der Waals surface area contributed by atoms with Gasteiger partial charge in [-0.1, -0.05) is 6.07 Å². The molecule has 0 saturated carbocycles. The quantitative estimate of drug-likeness (QED) is 0.193. The van der Waals surface area contributed by atoms with Crippen LogP contribution in [-0.4, -0.2) is 31.1 Å². The fourth-order valence-electron chi connectivity index (χ4n) is 5.31. The molecule has 4 aromatic heterocycles. The minimum Gasteiger partial charge on any atom is -0.361 e. The lowest BCUT2D eigenvalue weighted by atomic mass is 9.94. The molecule has 1 amide bonds. The molecule has 1 atom stereocenters. The van der Waals surface area contributed by atoms with Gasteiger partial charge in [0.2, 0.25) is 5.91 Å². The number of amides is 1. The molecule has 0 saturated heterocycles. The van der Waals surface area contributed by atoms with Gasteiger partial charge in [0.15, 0.2) is 0 Å². The number of aromatic nitrogens is 5. The molecule has 4 heterocycles. The van der Waals surface area contributed by atoms with Crippen molar-refractivity contribution in [2.24, 2.45) is 0 Å². The Kier molecular flexibility index (Phi) is 6.43. The number of halogens is 3. The summed E-state index contributed by atoms with van der Waals surface area (Å²) in [4.78, 5) is 25.9. The van der Waals surface area contributed by atoms with Crippen molar-refractivity contribution < 1.29 is 18.0 Å². The van der Waals surface area contributed by atoms with Gasteiger partial charge in [0.25, 0.3) is 0 Å². The highest BCUT2D eigenvalue weighted by molar-refractivity contribution is 7.16. The number of nitrogens with zero attached hydrogens (tertiary/aromatic N) is 3. The SMILES string of the molecule is O=C(Cc1c[nH]c2ccc(F)cc12)N[C@@H](Cc1cc(F)cc(F)c1)c1nc2cn[nH]c2cc1-c1ccc2scnc2c1. The van der Waals surface area contributed by atoms with Crippen molar-refractivity contribution in [1.82, 2.24) is 30.5 Å². The predicted molar refractivity (Wildman–Crippen MR) is 155 cm³/mol. The number of hydrogen-bond donors (Lipinski definition) is 3. The van der Waals surface area contributed by atoms with E-state index in [1.807, 2.05) is 24.3 Å². The second kappa shape index (κ2) is 10.4. The molecule has 3 aromatic carbocycles. The van der Waals surface area contributed by atoms with Gasteiger partial charge in [-0.05, 0) is 71.6 Å². The van der Waals surface area contributed by atoms with E-state index in [0.717, 1.165) is 21.8 Å². The molecule has 11 heteroatoms. The molecule has 0 radical (unpaired) electrons. The number of H-pyrrole nitrogens is 2. The molecule has 3 N–H and O–H groups in total. The summed E-state index contributed by atoms with van der Waals surface area (Å²) in [6.45, 7) is 0. The van der Waals surface area contributed by atoms with Crippen LogP contribution in [0.25, 0.3) is 43.3 Å². The predicted octanol–water partition coefficient (Wildman–Crippen LogP) is 6.78. The molecule has 42 heavy (non-hydrogen) atoms. The summed E-state index contributed by atoms with van der Waals surface area (Å²) in [5.41, 5.74) is 7.53. The summed E-state index contributed by atoms with van der Waals surface area (Å²) < 4.78 is 43.4. The van der Waals surface area contributed by atoms with Gasteiger partial charge in [-0.15, -0.1) is 11.3 Å². The number of nitrogens with one attached hydrogen (secondary N) is 3. The zero-order valence-electron chi connectivity index (χ0n) is 21.8. The van der Waals surface area contributed by atoms with Crippen molar-refractivity contribution in [2.45, 2.75) is 18.9 Å². The van der Waals surface area contributed by atoms with Gasteiger partial charge in [-0.25, -0.2) is 23.1 Å². The number of rotatable bonds is 7. The third kappa shape index (κ3) is 4.99. The van der Waals surface area contributed by atoms with E-state index in [1.54, 1.807) is 24.0 Å². The Balaban J connectivity index is 1.32. The van der Waals surface area contributed by atoms with Crippen molar-refractivity contribution in [3.05, 3.63) is 113 Å². The molecule has 0 aliphatic heterocycles. The van der Waals surface area contributed by atoms with Gasteiger partial charge in [-0.2, -0.15) is 5.10 Å². The third-order valence-corrected chi connectivity index (χ3v) is 8.01. The zero-order chi connectivity index (χ0) is 28.8. The maximum absolute atomic E-state index is 14.2. The Morgan fingerprint density at radius 3 is 2.64 bits per heavy atom. The minimum atomic E-state index is -0.777. The van der Waals surface area contributed by atoms with Crippen LogP contribution in [0.15, 0.2) is 78.6 Å². The molecule has 0 unspecified atom stereocenters. The molecule has 0 aliphatic rings. The monoisotopic (exact) mass is 582 g/mol. The van der Waals surface area contributed by atoms with Crippen LogP contribution in [0.2, 0.25) is 0 Å². The molecule has 0 fully saturated rings. The van der Waals surface area contributed by atoms with E-state index in [2.05, 4.69) is 25.5 Å². The summed E-state index contributed by atoms with van der Waals surface area (Å²) in [6.07, 6.45) is 3.26. The Bertz CT molecular complexity index is 2100. The van der Waals surface area contributed by atoms with Crippen LogP contribution in [0.3, 0.4) is 0 Å². The number of fused-ring (bicyclic) bond motifs is 3. The van der Waals surface area contributed by atoms with Crippen molar-refractivity contribution in [3.63, 3.8) is 0 Å². The van der Waals surface area contributed by atoms with E-state index in [4.69, 9.17) is 4.98 Å². The van der Waals surface area contributed by atoms with Crippen LogP contribution in [-0.2, 0) is 17.6 Å². The number of carbonyl (C=O) groups excluding carboxylic acids is 1. The van der Waals surface area contributed by atoms with Gasteiger partial charge >= 0.3 is 0 Å². The molecular weight excluding hydrogens is 561 g/mol. The number of aromatic amines is 2. The Morgan fingerprint density at radius 1 is 0.929 bits per heavy atom. The summed E-state index contributed by atoms with van der Waals surface area (Å²) in [7, 11) is 0.